The molecule has 0 aliphatic carbocycles. The third-order valence-electron chi connectivity index (χ3n) is 5.76. The van der Waals surface area contributed by atoms with Crippen molar-refractivity contribution in [3.63, 3.8) is 0 Å². The molecule has 6 aromatic rings. The van der Waals surface area contributed by atoms with Crippen LogP contribution in [0, 0.1) is 0 Å². The van der Waals surface area contributed by atoms with Crippen LogP contribution in [0.2, 0.25) is 0 Å². The first-order chi connectivity index (χ1) is 19.3. The normalized spacial score (nSPS) is 11.4. The number of hydrogen-bond donors (Lipinski definition) is 0. The van der Waals surface area contributed by atoms with Crippen LogP contribution in [-0.2, 0) is 0 Å². The molecule has 2 aromatic heterocycles. The lowest BCUT2D eigenvalue weighted by Gasteiger charge is -2.06. The fourth-order valence-corrected chi connectivity index (χ4v) is 3.76. The van der Waals surface area contributed by atoms with Crippen molar-refractivity contribution in [2.45, 2.75) is 0 Å². The first-order valence-electron chi connectivity index (χ1n) is 12.3. The van der Waals surface area contributed by atoms with E-state index in [1.165, 1.54) is 0 Å². The Morgan fingerprint density at radius 1 is 0.436 bits per heavy atom. The van der Waals surface area contributed by atoms with Gasteiger partial charge in [0.15, 0.2) is 0 Å². The van der Waals surface area contributed by atoms with E-state index in [-0.39, 0.29) is 0 Å². The van der Waals surface area contributed by atoms with Crippen LogP contribution >= 0.6 is 0 Å². The molecule has 7 heteroatoms. The predicted molar refractivity (Wildman–Crippen MR) is 150 cm³/mol. The molecule has 0 amide bonds. The summed E-state index contributed by atoms with van der Waals surface area (Å²) in [6.45, 7) is 0. The first-order valence-corrected chi connectivity index (χ1v) is 12.3. The van der Waals surface area contributed by atoms with Crippen molar-refractivity contribution in [3.8, 4) is 34.4 Å². The lowest BCUT2D eigenvalue weighted by atomic mass is 10.2. The zero-order chi connectivity index (χ0) is 26.3. The van der Waals surface area contributed by atoms with Crippen molar-refractivity contribution in [3.05, 3.63) is 132 Å². The Labute approximate surface area is 224 Å². The fraction of sp³-hybridized carbons (Fsp3) is 0. The largest absolute Gasteiger partial charge is 0.457 e. The summed E-state index contributed by atoms with van der Waals surface area (Å²) < 4.78 is 17.4. The summed E-state index contributed by atoms with van der Waals surface area (Å²) in [5, 5.41) is 16.4. The van der Waals surface area contributed by atoms with Gasteiger partial charge in [-0.2, -0.15) is 0 Å². The fourth-order valence-electron chi connectivity index (χ4n) is 3.76. The molecule has 0 radical (unpaired) electrons. The molecule has 0 saturated heterocycles. The zero-order valence-electron chi connectivity index (χ0n) is 20.7. The molecular formula is C32H22N4O3. The molecule has 2 heterocycles. The highest BCUT2D eigenvalue weighted by Crippen LogP contribution is 2.24. The second-order valence-corrected chi connectivity index (χ2v) is 8.53. The van der Waals surface area contributed by atoms with Crippen LogP contribution in [0.5, 0.6) is 11.5 Å². The van der Waals surface area contributed by atoms with E-state index in [9.17, 15) is 0 Å². The van der Waals surface area contributed by atoms with Gasteiger partial charge in [-0.05, 0) is 71.8 Å². The molecule has 4 aromatic carbocycles. The SMILES string of the molecule is C(=C\c1nnc(-c2ccccc2)o1)/c1ccc(Oc2ccc(/C=C/c3nnc(-c4ccccc4)o3)cc2)cc1. The lowest BCUT2D eigenvalue weighted by Crippen LogP contribution is -1.84. The quantitative estimate of drug-likeness (QED) is 0.205. The van der Waals surface area contributed by atoms with Crippen LogP contribution in [-0.4, -0.2) is 20.4 Å². The second-order valence-electron chi connectivity index (χ2n) is 8.53. The van der Waals surface area contributed by atoms with Gasteiger partial charge >= 0.3 is 0 Å². The van der Waals surface area contributed by atoms with Gasteiger partial charge < -0.3 is 13.6 Å². The summed E-state index contributed by atoms with van der Waals surface area (Å²) in [6, 6.07) is 34.9. The van der Waals surface area contributed by atoms with Crippen molar-refractivity contribution >= 4 is 24.3 Å². The number of nitrogens with zero attached hydrogens (tertiary/aromatic N) is 4. The molecule has 0 bridgehead atoms. The molecule has 0 aliphatic heterocycles. The highest BCUT2D eigenvalue weighted by Gasteiger charge is 2.07. The van der Waals surface area contributed by atoms with Crippen LogP contribution in [0.25, 0.3) is 47.2 Å². The molecule has 188 valence electrons. The van der Waals surface area contributed by atoms with Crippen LogP contribution < -0.4 is 4.74 Å². The molecule has 0 saturated carbocycles. The summed E-state index contributed by atoms with van der Waals surface area (Å²) in [4.78, 5) is 0. The van der Waals surface area contributed by atoms with Gasteiger partial charge in [0, 0.05) is 23.3 Å². The van der Waals surface area contributed by atoms with Gasteiger partial charge in [-0.3, -0.25) is 0 Å². The monoisotopic (exact) mass is 510 g/mol. The summed E-state index contributed by atoms with van der Waals surface area (Å²) in [5.41, 5.74) is 3.75. The molecule has 6 rings (SSSR count). The molecule has 0 aliphatic rings. The zero-order valence-corrected chi connectivity index (χ0v) is 20.7. The Balaban J connectivity index is 1.04. The van der Waals surface area contributed by atoms with E-state index in [4.69, 9.17) is 13.6 Å². The molecule has 0 N–H and O–H groups in total. The van der Waals surface area contributed by atoms with Crippen molar-refractivity contribution in [2.24, 2.45) is 0 Å². The molecule has 39 heavy (non-hydrogen) atoms. The molecule has 7 nitrogen and oxygen atoms in total. The van der Waals surface area contributed by atoms with Crippen molar-refractivity contribution in [1.29, 1.82) is 0 Å². The van der Waals surface area contributed by atoms with E-state index >= 15 is 0 Å². The van der Waals surface area contributed by atoms with Gasteiger partial charge in [0.05, 0.1) is 0 Å². The summed E-state index contributed by atoms with van der Waals surface area (Å²) in [5.74, 6) is 3.34. The van der Waals surface area contributed by atoms with Gasteiger partial charge in [0.2, 0.25) is 23.6 Å². The minimum Gasteiger partial charge on any atom is -0.457 e. The summed E-state index contributed by atoms with van der Waals surface area (Å²) in [6.07, 6.45) is 7.41. The van der Waals surface area contributed by atoms with Crippen LogP contribution in [0.3, 0.4) is 0 Å². The van der Waals surface area contributed by atoms with Gasteiger partial charge in [0.25, 0.3) is 0 Å². The van der Waals surface area contributed by atoms with E-state index in [0.29, 0.717) is 23.6 Å². The highest BCUT2D eigenvalue weighted by molar-refractivity contribution is 5.68. The number of ether oxygens (including phenoxy) is 1. The molecule has 0 spiro atoms. The summed E-state index contributed by atoms with van der Waals surface area (Å²) >= 11 is 0. The minimum absolute atomic E-state index is 0.444. The van der Waals surface area contributed by atoms with Gasteiger partial charge in [-0.1, -0.05) is 60.7 Å². The average molecular weight is 511 g/mol. The second kappa shape index (κ2) is 11.2. The Kier molecular flexibility index (Phi) is 6.86. The Morgan fingerprint density at radius 2 is 0.846 bits per heavy atom. The molecule has 0 fully saturated rings. The Morgan fingerprint density at radius 3 is 1.26 bits per heavy atom. The average Bonchev–Trinajstić information content (AvgIpc) is 3.68. The smallest absolute Gasteiger partial charge is 0.248 e. The number of rotatable bonds is 8. The maximum absolute atomic E-state index is 5.99. The number of benzene rings is 4. The van der Waals surface area contributed by atoms with Crippen molar-refractivity contribution in [1.82, 2.24) is 20.4 Å². The van der Waals surface area contributed by atoms with Crippen LogP contribution in [0.15, 0.2) is 118 Å². The van der Waals surface area contributed by atoms with E-state index in [0.717, 1.165) is 33.8 Å². The maximum atomic E-state index is 5.99. The highest BCUT2D eigenvalue weighted by atomic mass is 16.5. The Hall–Kier alpha value is -5.56. The third kappa shape index (κ3) is 6.06. The topological polar surface area (TPSA) is 87.1 Å². The Bertz CT molecular complexity index is 1570. The first kappa shape index (κ1) is 23.8. The van der Waals surface area contributed by atoms with Crippen LogP contribution in [0.4, 0.5) is 0 Å². The van der Waals surface area contributed by atoms with Crippen molar-refractivity contribution in [2.75, 3.05) is 0 Å². The molecule has 0 atom stereocenters. The standard InChI is InChI=1S/C32H22N4O3/c1-3-7-25(8-4-1)31-35-33-29(38-31)21-15-23-11-17-27(18-12-23)37-28-19-13-24(14-20-28)16-22-30-34-36-32(39-30)26-9-5-2-6-10-26/h1-22H/b21-15+,22-16+. The maximum Gasteiger partial charge on any atom is 0.248 e. The van der Waals surface area contributed by atoms with E-state index < -0.39 is 0 Å². The van der Waals surface area contributed by atoms with E-state index in [2.05, 4.69) is 20.4 Å². The van der Waals surface area contributed by atoms with Crippen LogP contribution in [0.1, 0.15) is 22.9 Å². The van der Waals surface area contributed by atoms with Gasteiger partial charge in [-0.15, -0.1) is 20.4 Å². The van der Waals surface area contributed by atoms with Gasteiger partial charge in [0.1, 0.15) is 11.5 Å². The molecule has 0 unspecified atom stereocenters. The molecular weight excluding hydrogens is 488 g/mol. The number of aromatic nitrogens is 4. The van der Waals surface area contributed by atoms with Crippen molar-refractivity contribution < 1.29 is 13.6 Å². The van der Waals surface area contributed by atoms with E-state index in [1.54, 1.807) is 12.2 Å². The summed E-state index contributed by atoms with van der Waals surface area (Å²) in [7, 11) is 0. The number of hydrogen-bond acceptors (Lipinski definition) is 7. The van der Waals surface area contributed by atoms with E-state index in [1.807, 2.05) is 121 Å². The lowest BCUT2D eigenvalue weighted by molar-refractivity contribution is 0.482. The third-order valence-corrected chi connectivity index (χ3v) is 5.76. The minimum atomic E-state index is 0.444. The van der Waals surface area contributed by atoms with Gasteiger partial charge in [-0.25, -0.2) is 0 Å². The predicted octanol–water partition coefficient (Wildman–Crippen LogP) is 7.92.